The van der Waals surface area contributed by atoms with Crippen LogP contribution in [0.4, 0.5) is 43.3 Å². The summed E-state index contributed by atoms with van der Waals surface area (Å²) in [5.74, 6) is 3.18. The zero-order chi connectivity index (χ0) is 74.4. The van der Waals surface area contributed by atoms with E-state index >= 15 is 0 Å². The van der Waals surface area contributed by atoms with Gasteiger partial charge in [-0.2, -0.15) is 15.3 Å². The van der Waals surface area contributed by atoms with Gasteiger partial charge >= 0.3 is 6.09 Å². The van der Waals surface area contributed by atoms with Crippen LogP contribution < -0.4 is 38.4 Å². The third-order valence-corrected chi connectivity index (χ3v) is 18.9. The predicted octanol–water partition coefficient (Wildman–Crippen LogP) is 14.8. The molecule has 106 heavy (non-hydrogen) atoms. The summed E-state index contributed by atoms with van der Waals surface area (Å²) in [6.07, 6.45) is 22.3. The van der Waals surface area contributed by atoms with Gasteiger partial charge in [-0.3, -0.25) is 29.4 Å². The van der Waals surface area contributed by atoms with Gasteiger partial charge in [-0.05, 0) is 146 Å². The summed E-state index contributed by atoms with van der Waals surface area (Å²) in [5.41, 5.74) is 14.3. The molecule has 0 saturated carbocycles. The fourth-order valence-electron chi connectivity index (χ4n) is 13.0. The molecule has 0 spiro atoms. The molecule has 2 saturated heterocycles. The van der Waals surface area contributed by atoms with Crippen molar-refractivity contribution in [1.82, 2.24) is 69.5 Å². The fraction of sp³-hybridized carbons (Fsp3) is 0.342. The van der Waals surface area contributed by atoms with E-state index in [0.29, 0.717) is 59.0 Å². The van der Waals surface area contributed by atoms with Crippen LogP contribution in [0.2, 0.25) is 5.02 Å². The molecule has 0 atom stereocenters. The second kappa shape index (κ2) is 34.1. The molecule has 2 aliphatic rings. The van der Waals surface area contributed by atoms with E-state index in [4.69, 9.17) is 55.0 Å². The minimum Gasteiger partial charge on any atom is -0.497 e. The Hall–Kier alpha value is -11.2. The number of anilines is 6. The fourth-order valence-corrected chi connectivity index (χ4v) is 13.3. The van der Waals surface area contributed by atoms with E-state index in [1.54, 1.807) is 100 Å². The number of benzene rings is 6. The van der Waals surface area contributed by atoms with Crippen LogP contribution in [0, 0.1) is 11.7 Å². The van der Waals surface area contributed by atoms with Crippen LogP contribution in [-0.2, 0) is 18.8 Å². The molecular formula is C79H89ClFN17O8. The van der Waals surface area contributed by atoms with E-state index in [0.717, 1.165) is 160 Å². The summed E-state index contributed by atoms with van der Waals surface area (Å²) in [7, 11) is 11.7. The third kappa shape index (κ3) is 18.5. The van der Waals surface area contributed by atoms with Crippen molar-refractivity contribution in [3.05, 3.63) is 170 Å². The number of amides is 1. The topological polar surface area (TPSA) is 251 Å². The minimum absolute atomic E-state index is 0.0741. The standard InChI is InChI=1S/C32H40N6O4.C25H27FN6O.C22H22ClN5O3/c1-32(2,3)42-31(39)37-12-9-22(10-13-37)11-14-38(25-15-26(40-5)18-27(16-25)41-6)24-7-8-28-29(17-24)35-30(20-33-28)23-19-34-36(4)21-23;1-33-22-12-19(26)11-21(13-22)32(10-4-9-31-7-2-3-8-31)20-5-6-23-24(14-20)30-25(17-27-23)18-15-28-29-16-18;1-27-13-14(11-25-27)19-12-24-17-5-4-15(8-18(17)26-19)28(6-7-29)20-9-16(30-2)10-21(31-3)22(20)23/h7-8,15-22H,9-14H2,1-6H3;5-6,11-17H,2-4,7-10H2,1H3,(H,28,29);4-5,8-13,29H,6-7H2,1-3H3. The lowest BCUT2D eigenvalue weighted by Crippen LogP contribution is -2.42. The van der Waals surface area contributed by atoms with Gasteiger partial charge in [0.2, 0.25) is 0 Å². The number of nitrogens with zero attached hydrogens (tertiary/aromatic N) is 16. The number of nitrogens with one attached hydrogen (secondary N) is 1. The van der Waals surface area contributed by atoms with E-state index in [2.05, 4.69) is 62.2 Å². The van der Waals surface area contributed by atoms with Gasteiger partial charge in [0.25, 0.3) is 0 Å². The number of methoxy groups -OCH3 is 5. The highest BCUT2D eigenvalue weighted by Crippen LogP contribution is 2.43. The predicted molar refractivity (Wildman–Crippen MR) is 411 cm³/mol. The van der Waals surface area contributed by atoms with Gasteiger partial charge in [-0.15, -0.1) is 0 Å². The van der Waals surface area contributed by atoms with E-state index in [9.17, 15) is 14.3 Å². The monoisotopic (exact) mass is 1460 g/mol. The summed E-state index contributed by atoms with van der Waals surface area (Å²) in [6.45, 7) is 12.2. The Balaban J connectivity index is 0.000000151. The molecule has 6 aromatic heterocycles. The molecule has 2 fully saturated rings. The molecule has 2 aliphatic heterocycles. The van der Waals surface area contributed by atoms with Gasteiger partial charge < -0.3 is 58.0 Å². The normalized spacial score (nSPS) is 13.2. The van der Waals surface area contributed by atoms with Crippen LogP contribution in [0.25, 0.3) is 66.9 Å². The number of fused-ring (bicyclic) bond motifs is 3. The quantitative estimate of drug-likeness (QED) is 0.0604. The summed E-state index contributed by atoms with van der Waals surface area (Å²) < 4.78 is 50.8. The molecule has 0 radical (unpaired) electrons. The van der Waals surface area contributed by atoms with Crippen LogP contribution in [0.15, 0.2) is 159 Å². The lowest BCUT2D eigenvalue weighted by atomic mass is 9.93. The molecule has 0 bridgehead atoms. The van der Waals surface area contributed by atoms with Crippen LogP contribution in [0.5, 0.6) is 28.7 Å². The molecule has 2 N–H and O–H groups in total. The second-order valence-electron chi connectivity index (χ2n) is 26.9. The van der Waals surface area contributed by atoms with Crippen LogP contribution in [0.1, 0.15) is 59.3 Å². The zero-order valence-corrected chi connectivity index (χ0v) is 62.2. The van der Waals surface area contributed by atoms with E-state index < -0.39 is 5.60 Å². The second-order valence-corrected chi connectivity index (χ2v) is 27.3. The van der Waals surface area contributed by atoms with Gasteiger partial charge in [0.15, 0.2) is 0 Å². The molecule has 8 heterocycles. The maximum absolute atomic E-state index is 14.4. The number of H-pyrrole nitrogens is 1. The Morgan fingerprint density at radius 2 is 1.07 bits per heavy atom. The minimum atomic E-state index is -0.491. The molecule has 6 aromatic carbocycles. The zero-order valence-electron chi connectivity index (χ0n) is 61.4. The maximum atomic E-state index is 14.4. The summed E-state index contributed by atoms with van der Waals surface area (Å²) in [6, 6.07) is 32.1. The van der Waals surface area contributed by atoms with Crippen molar-refractivity contribution in [2.24, 2.45) is 20.0 Å². The van der Waals surface area contributed by atoms with Crippen molar-refractivity contribution < 1.29 is 42.7 Å². The summed E-state index contributed by atoms with van der Waals surface area (Å²) in [4.78, 5) is 51.4. The number of likely N-dealkylation sites (tertiary alicyclic amines) is 2. The van der Waals surface area contributed by atoms with Crippen LogP contribution >= 0.6 is 11.6 Å². The highest BCUT2D eigenvalue weighted by Gasteiger charge is 2.29. The Morgan fingerprint density at radius 1 is 0.566 bits per heavy atom. The van der Waals surface area contributed by atoms with Crippen LogP contribution in [-0.4, -0.2) is 181 Å². The number of hydrogen-bond acceptors (Lipinski definition) is 21. The van der Waals surface area contributed by atoms with Gasteiger partial charge in [0.1, 0.15) is 45.2 Å². The van der Waals surface area contributed by atoms with Crippen LogP contribution in [0.3, 0.4) is 0 Å². The highest BCUT2D eigenvalue weighted by molar-refractivity contribution is 6.35. The van der Waals surface area contributed by atoms with Crippen molar-refractivity contribution >= 4 is 84.9 Å². The molecule has 0 aliphatic carbocycles. The number of aliphatic hydroxyl groups is 1. The first-order valence-electron chi connectivity index (χ1n) is 35.3. The number of piperidine rings is 1. The SMILES string of the molecule is COc1cc(F)cc(N(CCCN2CCCC2)c2ccc3ncc(-c4cn[nH]c4)nc3c2)c1.COc1cc(OC)c(Cl)c(N(CCO)c2ccc3ncc(-c4cnn(C)c4)nc3c2)c1.COc1cc(OC)cc(N(CCC2CCN(C(=O)OC(C)(C)C)CC2)c2ccc3ncc(-c4cnn(C)c4)nc3c2)c1. The summed E-state index contributed by atoms with van der Waals surface area (Å²) in [5, 5.41) is 25.4. The molecule has 1 amide bonds. The number of aryl methyl sites for hydroxylation is 2. The molecule has 14 rings (SSSR count). The van der Waals surface area contributed by atoms with Gasteiger partial charge in [0, 0.05) is 153 Å². The lowest BCUT2D eigenvalue weighted by Gasteiger charge is -2.34. The molecule has 25 nitrogen and oxygen atoms in total. The summed E-state index contributed by atoms with van der Waals surface area (Å²) >= 11 is 6.60. The first kappa shape index (κ1) is 74.5. The van der Waals surface area contributed by atoms with Gasteiger partial charge in [-0.25, -0.2) is 24.1 Å². The average Bonchev–Trinajstić information content (AvgIpc) is 1.04. The number of aromatic amines is 1. The highest BCUT2D eigenvalue weighted by atomic mass is 35.5. The third-order valence-electron chi connectivity index (χ3n) is 18.5. The van der Waals surface area contributed by atoms with Gasteiger partial charge in [0.05, 0.1) is 135 Å². The Labute approximate surface area is 620 Å². The van der Waals surface area contributed by atoms with Crippen molar-refractivity contribution in [2.45, 2.75) is 64.9 Å². The number of carbonyl (C=O) groups is 1. The molecular weight excluding hydrogens is 1370 g/mol. The molecule has 552 valence electrons. The number of hydrogen-bond donors (Lipinski definition) is 2. The number of halogens is 2. The Bertz CT molecular complexity index is 4940. The first-order valence-corrected chi connectivity index (χ1v) is 35.6. The molecule has 0 unspecified atom stereocenters. The number of aromatic nitrogens is 12. The van der Waals surface area contributed by atoms with Crippen molar-refractivity contribution in [3.63, 3.8) is 0 Å². The number of rotatable bonds is 23. The lowest BCUT2D eigenvalue weighted by molar-refractivity contribution is 0.0182. The van der Waals surface area contributed by atoms with E-state index in [1.807, 2.05) is 130 Å². The smallest absolute Gasteiger partial charge is 0.410 e. The number of aliphatic hydroxyl groups excluding tert-OH is 1. The number of ether oxygens (including phenoxy) is 6. The average molecular weight is 1460 g/mol. The van der Waals surface area contributed by atoms with E-state index in [-0.39, 0.29) is 18.5 Å². The van der Waals surface area contributed by atoms with Crippen molar-refractivity contribution in [2.75, 3.05) is 109 Å². The van der Waals surface area contributed by atoms with Crippen molar-refractivity contribution in [1.29, 1.82) is 0 Å². The molecule has 27 heteroatoms. The Kier molecular flexibility index (Phi) is 24.0. The first-order chi connectivity index (χ1) is 51.3. The van der Waals surface area contributed by atoms with Gasteiger partial charge in [-0.1, -0.05) is 11.6 Å². The molecule has 12 aromatic rings. The number of carbonyl (C=O) groups excluding carboxylic acids is 1. The maximum Gasteiger partial charge on any atom is 0.410 e. The van der Waals surface area contributed by atoms with Crippen molar-refractivity contribution in [3.8, 4) is 62.5 Å². The van der Waals surface area contributed by atoms with E-state index in [1.165, 1.54) is 18.9 Å². The Morgan fingerprint density at radius 3 is 1.55 bits per heavy atom. The largest absolute Gasteiger partial charge is 0.497 e.